The fourth-order valence-corrected chi connectivity index (χ4v) is 3.38. The number of oxazole rings is 1. The molecule has 1 fully saturated rings. The molecule has 4 rings (SSSR count). The number of ether oxygens (including phenoxy) is 2. The molecule has 1 saturated heterocycles. The summed E-state index contributed by atoms with van der Waals surface area (Å²) >= 11 is 0. The molecule has 2 heterocycles. The van der Waals surface area contributed by atoms with Crippen molar-refractivity contribution in [1.29, 1.82) is 0 Å². The van der Waals surface area contributed by atoms with Crippen LogP contribution in [0.25, 0.3) is 0 Å². The smallest absolute Gasteiger partial charge is 0.275 e. The molecule has 0 radical (unpaired) electrons. The molecule has 0 N–H and O–H groups in total. The van der Waals surface area contributed by atoms with Crippen LogP contribution in [0.3, 0.4) is 0 Å². The van der Waals surface area contributed by atoms with Crippen LogP contribution < -0.4 is 14.4 Å². The summed E-state index contributed by atoms with van der Waals surface area (Å²) < 4.78 is 16.2. The van der Waals surface area contributed by atoms with Crippen LogP contribution in [-0.4, -0.2) is 49.1 Å². The van der Waals surface area contributed by atoms with Gasteiger partial charge in [-0.25, -0.2) is 4.98 Å². The zero-order valence-electron chi connectivity index (χ0n) is 17.2. The van der Waals surface area contributed by atoms with E-state index in [0.717, 1.165) is 18.8 Å². The van der Waals surface area contributed by atoms with Crippen molar-refractivity contribution >= 4 is 11.6 Å². The number of hydrogen-bond donors (Lipinski definition) is 0. The van der Waals surface area contributed by atoms with E-state index in [-0.39, 0.29) is 12.5 Å². The first kappa shape index (κ1) is 19.8. The molecule has 0 bridgehead atoms. The summed E-state index contributed by atoms with van der Waals surface area (Å²) in [4.78, 5) is 21.2. The van der Waals surface area contributed by atoms with Gasteiger partial charge >= 0.3 is 0 Å². The Labute approximate surface area is 175 Å². The molecular formula is C23H25N3O4. The number of benzene rings is 2. The topological polar surface area (TPSA) is 68.0 Å². The summed E-state index contributed by atoms with van der Waals surface area (Å²) in [6.07, 6.45) is 1.40. The van der Waals surface area contributed by atoms with E-state index in [1.807, 2.05) is 17.0 Å². The lowest BCUT2D eigenvalue weighted by molar-refractivity contribution is 0.0740. The predicted molar refractivity (Wildman–Crippen MR) is 113 cm³/mol. The second-order valence-corrected chi connectivity index (χ2v) is 7.21. The fourth-order valence-electron chi connectivity index (χ4n) is 3.38. The summed E-state index contributed by atoms with van der Waals surface area (Å²) in [6.45, 7) is 5.12. The SMILES string of the molecule is COc1ccc(OCc2nc(C(=O)N3CCN(c4ccc(C)cc4)CC3)co2)cc1. The molecule has 7 heteroatoms. The van der Waals surface area contributed by atoms with E-state index >= 15 is 0 Å². The van der Waals surface area contributed by atoms with E-state index in [4.69, 9.17) is 13.9 Å². The van der Waals surface area contributed by atoms with Gasteiger partial charge in [-0.1, -0.05) is 17.7 Å². The monoisotopic (exact) mass is 407 g/mol. The number of rotatable bonds is 6. The quantitative estimate of drug-likeness (QED) is 0.623. The molecule has 0 spiro atoms. The number of carbonyl (C=O) groups is 1. The molecule has 7 nitrogen and oxygen atoms in total. The second kappa shape index (κ2) is 8.90. The van der Waals surface area contributed by atoms with Crippen LogP contribution in [0.5, 0.6) is 11.5 Å². The molecule has 1 aliphatic rings. The van der Waals surface area contributed by atoms with E-state index in [0.29, 0.717) is 30.4 Å². The van der Waals surface area contributed by atoms with Crippen molar-refractivity contribution in [2.24, 2.45) is 0 Å². The van der Waals surface area contributed by atoms with Crippen LogP contribution in [0.1, 0.15) is 21.9 Å². The van der Waals surface area contributed by atoms with Crippen molar-refractivity contribution in [2.45, 2.75) is 13.5 Å². The van der Waals surface area contributed by atoms with Crippen molar-refractivity contribution in [3.8, 4) is 11.5 Å². The normalized spacial score (nSPS) is 13.9. The number of piperazine rings is 1. The van der Waals surface area contributed by atoms with Crippen molar-refractivity contribution in [1.82, 2.24) is 9.88 Å². The molecule has 1 aromatic heterocycles. The number of methoxy groups -OCH3 is 1. The number of hydrogen-bond acceptors (Lipinski definition) is 6. The molecule has 0 aliphatic carbocycles. The Bertz CT molecular complexity index is 974. The molecule has 3 aromatic rings. The van der Waals surface area contributed by atoms with Crippen LogP contribution in [0.4, 0.5) is 5.69 Å². The van der Waals surface area contributed by atoms with Crippen LogP contribution in [-0.2, 0) is 6.61 Å². The highest BCUT2D eigenvalue weighted by Crippen LogP contribution is 2.20. The first-order chi connectivity index (χ1) is 14.6. The molecule has 1 aliphatic heterocycles. The van der Waals surface area contributed by atoms with Gasteiger partial charge in [-0.2, -0.15) is 0 Å². The number of carbonyl (C=O) groups excluding carboxylic acids is 1. The summed E-state index contributed by atoms with van der Waals surface area (Å²) in [5.41, 5.74) is 2.74. The van der Waals surface area contributed by atoms with Crippen LogP contribution in [0.15, 0.2) is 59.2 Å². The Kier molecular flexibility index (Phi) is 5.88. The third-order valence-electron chi connectivity index (χ3n) is 5.16. The van der Waals surface area contributed by atoms with Gasteiger partial charge < -0.3 is 23.7 Å². The Morgan fingerprint density at radius 2 is 1.67 bits per heavy atom. The van der Waals surface area contributed by atoms with Crippen molar-refractivity contribution < 1.29 is 18.7 Å². The predicted octanol–water partition coefficient (Wildman–Crippen LogP) is 3.53. The van der Waals surface area contributed by atoms with Crippen LogP contribution in [0, 0.1) is 6.92 Å². The number of aryl methyl sites for hydroxylation is 1. The van der Waals surface area contributed by atoms with E-state index < -0.39 is 0 Å². The zero-order chi connectivity index (χ0) is 20.9. The first-order valence-electron chi connectivity index (χ1n) is 9.94. The minimum absolute atomic E-state index is 0.113. The summed E-state index contributed by atoms with van der Waals surface area (Å²) in [7, 11) is 1.61. The van der Waals surface area contributed by atoms with Gasteiger partial charge in [0.1, 0.15) is 17.8 Å². The second-order valence-electron chi connectivity index (χ2n) is 7.21. The minimum Gasteiger partial charge on any atom is -0.497 e. The molecule has 1 amide bonds. The van der Waals surface area contributed by atoms with Gasteiger partial charge in [-0.05, 0) is 43.3 Å². The van der Waals surface area contributed by atoms with Gasteiger partial charge in [0.05, 0.1) is 7.11 Å². The van der Waals surface area contributed by atoms with E-state index in [1.54, 1.807) is 19.2 Å². The Balaban J connectivity index is 1.30. The van der Waals surface area contributed by atoms with Gasteiger partial charge in [0, 0.05) is 31.9 Å². The lowest BCUT2D eigenvalue weighted by atomic mass is 10.2. The Hall–Kier alpha value is -3.48. The average Bonchev–Trinajstić information content (AvgIpc) is 3.27. The Morgan fingerprint density at radius 1 is 1.00 bits per heavy atom. The maximum absolute atomic E-state index is 12.8. The van der Waals surface area contributed by atoms with Gasteiger partial charge in [0.2, 0.25) is 5.89 Å². The minimum atomic E-state index is -0.113. The molecule has 30 heavy (non-hydrogen) atoms. The fraction of sp³-hybridized carbons (Fsp3) is 0.304. The van der Waals surface area contributed by atoms with Crippen LogP contribution in [0.2, 0.25) is 0 Å². The lowest BCUT2D eigenvalue weighted by Crippen LogP contribution is -2.48. The average molecular weight is 407 g/mol. The number of aromatic nitrogens is 1. The van der Waals surface area contributed by atoms with Gasteiger partial charge in [-0.3, -0.25) is 4.79 Å². The van der Waals surface area contributed by atoms with Gasteiger partial charge in [0.15, 0.2) is 12.3 Å². The molecule has 0 unspecified atom stereocenters. The third-order valence-corrected chi connectivity index (χ3v) is 5.16. The van der Waals surface area contributed by atoms with E-state index in [1.165, 1.54) is 17.5 Å². The van der Waals surface area contributed by atoms with Crippen molar-refractivity contribution in [3.63, 3.8) is 0 Å². The first-order valence-corrected chi connectivity index (χ1v) is 9.94. The molecule has 2 aromatic carbocycles. The highest BCUT2D eigenvalue weighted by molar-refractivity contribution is 5.92. The highest BCUT2D eigenvalue weighted by atomic mass is 16.5. The summed E-state index contributed by atoms with van der Waals surface area (Å²) in [5, 5.41) is 0. The van der Waals surface area contributed by atoms with E-state index in [2.05, 4.69) is 41.1 Å². The molecule has 156 valence electrons. The molecular weight excluding hydrogens is 382 g/mol. The largest absolute Gasteiger partial charge is 0.497 e. The number of nitrogens with zero attached hydrogens (tertiary/aromatic N) is 3. The summed E-state index contributed by atoms with van der Waals surface area (Å²) in [5.74, 6) is 1.69. The van der Waals surface area contributed by atoms with Gasteiger partial charge in [0.25, 0.3) is 5.91 Å². The maximum atomic E-state index is 12.8. The zero-order valence-corrected chi connectivity index (χ0v) is 17.2. The van der Waals surface area contributed by atoms with Crippen LogP contribution >= 0.6 is 0 Å². The van der Waals surface area contributed by atoms with Gasteiger partial charge in [-0.15, -0.1) is 0 Å². The van der Waals surface area contributed by atoms with E-state index in [9.17, 15) is 4.79 Å². The standard InChI is InChI=1S/C23H25N3O4/c1-17-3-5-18(6-4-17)25-11-13-26(14-12-25)23(27)21-15-30-22(24-21)16-29-20-9-7-19(28-2)8-10-20/h3-10,15H,11-14,16H2,1-2H3. The highest BCUT2D eigenvalue weighted by Gasteiger charge is 2.24. The Morgan fingerprint density at radius 3 is 2.33 bits per heavy atom. The van der Waals surface area contributed by atoms with Crippen molar-refractivity contribution in [2.75, 3.05) is 38.2 Å². The lowest BCUT2D eigenvalue weighted by Gasteiger charge is -2.35. The molecule has 0 saturated carbocycles. The maximum Gasteiger partial charge on any atom is 0.275 e. The third kappa shape index (κ3) is 4.56. The van der Waals surface area contributed by atoms with Crippen molar-refractivity contribution in [3.05, 3.63) is 71.9 Å². The summed E-state index contributed by atoms with van der Waals surface area (Å²) in [6, 6.07) is 15.7. The number of amides is 1. The number of anilines is 1. The molecule has 0 atom stereocenters.